The van der Waals surface area contributed by atoms with Gasteiger partial charge in [0.1, 0.15) is 0 Å². The Kier molecular flexibility index (Phi) is 6.98. The average molecular weight is 270 g/mol. The summed E-state index contributed by atoms with van der Waals surface area (Å²) in [5, 5.41) is 11.5. The van der Waals surface area contributed by atoms with Crippen LogP contribution in [0.2, 0.25) is 0 Å². The van der Waals surface area contributed by atoms with Gasteiger partial charge in [0, 0.05) is 4.88 Å². The molecular formula is C14H22O3S. The third kappa shape index (κ3) is 5.65. The van der Waals surface area contributed by atoms with Crippen LogP contribution in [0.3, 0.4) is 0 Å². The Balaban J connectivity index is 2.10. The number of ether oxygens (including phenoxy) is 1. The van der Waals surface area contributed by atoms with Crippen LogP contribution in [0, 0.1) is 5.92 Å². The van der Waals surface area contributed by atoms with Crippen LogP contribution in [0.1, 0.15) is 50.5 Å². The molecule has 1 rings (SSSR count). The van der Waals surface area contributed by atoms with E-state index in [1.807, 2.05) is 11.4 Å². The Morgan fingerprint density at radius 3 is 2.78 bits per heavy atom. The number of aliphatic hydroxyl groups excluding tert-OH is 1. The first-order valence-corrected chi connectivity index (χ1v) is 7.37. The molecule has 18 heavy (non-hydrogen) atoms. The number of aliphatic hydroxyl groups is 1. The van der Waals surface area contributed by atoms with E-state index in [1.165, 1.54) is 24.2 Å². The maximum Gasteiger partial charge on any atom is 0.340 e. The van der Waals surface area contributed by atoms with Crippen molar-refractivity contribution in [1.82, 2.24) is 0 Å². The van der Waals surface area contributed by atoms with Gasteiger partial charge in [-0.2, -0.15) is 0 Å². The zero-order valence-corrected chi connectivity index (χ0v) is 11.9. The highest BCUT2D eigenvalue weighted by Gasteiger charge is 2.19. The smallest absolute Gasteiger partial charge is 0.340 e. The van der Waals surface area contributed by atoms with Crippen LogP contribution in [0.25, 0.3) is 0 Å². The highest BCUT2D eigenvalue weighted by Crippen LogP contribution is 2.20. The van der Waals surface area contributed by atoms with Gasteiger partial charge in [-0.3, -0.25) is 0 Å². The van der Waals surface area contributed by atoms with Crippen LogP contribution in [0.15, 0.2) is 17.5 Å². The molecule has 0 saturated heterocycles. The fourth-order valence-corrected chi connectivity index (χ4v) is 2.34. The highest BCUT2D eigenvalue weighted by molar-refractivity contribution is 7.10. The molecule has 1 atom stereocenters. The van der Waals surface area contributed by atoms with Gasteiger partial charge in [0.05, 0.1) is 6.61 Å². The van der Waals surface area contributed by atoms with Crippen LogP contribution < -0.4 is 0 Å². The molecule has 0 amide bonds. The van der Waals surface area contributed by atoms with Crippen molar-refractivity contribution in [2.24, 2.45) is 5.92 Å². The van der Waals surface area contributed by atoms with E-state index in [0.717, 1.165) is 18.8 Å². The molecule has 1 heterocycles. The van der Waals surface area contributed by atoms with E-state index in [-0.39, 0.29) is 0 Å². The number of hydrogen-bond acceptors (Lipinski definition) is 4. The van der Waals surface area contributed by atoms with Crippen molar-refractivity contribution in [1.29, 1.82) is 0 Å². The van der Waals surface area contributed by atoms with Crippen LogP contribution in [0.5, 0.6) is 0 Å². The van der Waals surface area contributed by atoms with Crippen LogP contribution in [-0.2, 0) is 9.53 Å². The van der Waals surface area contributed by atoms with Gasteiger partial charge in [-0.05, 0) is 23.8 Å². The average Bonchev–Trinajstić information content (AvgIpc) is 2.85. The molecule has 102 valence electrons. The minimum atomic E-state index is -1.12. The molecule has 0 bridgehead atoms. The van der Waals surface area contributed by atoms with E-state index in [9.17, 15) is 9.90 Å². The molecule has 3 nitrogen and oxygen atoms in total. The molecule has 0 spiro atoms. The molecule has 0 radical (unpaired) electrons. The zero-order chi connectivity index (χ0) is 13.4. The summed E-state index contributed by atoms with van der Waals surface area (Å²) in [4.78, 5) is 12.2. The van der Waals surface area contributed by atoms with Crippen molar-refractivity contribution < 1.29 is 14.6 Å². The van der Waals surface area contributed by atoms with Crippen LogP contribution in [0.4, 0.5) is 0 Å². The highest BCUT2D eigenvalue weighted by atomic mass is 32.1. The quantitative estimate of drug-likeness (QED) is 0.580. The molecule has 1 aromatic heterocycles. The minimum absolute atomic E-state index is 0.402. The maximum atomic E-state index is 11.5. The molecule has 0 fully saturated rings. The first kappa shape index (κ1) is 15.2. The van der Waals surface area contributed by atoms with Gasteiger partial charge in [0.25, 0.3) is 0 Å². The summed E-state index contributed by atoms with van der Waals surface area (Å²) >= 11 is 1.36. The summed E-state index contributed by atoms with van der Waals surface area (Å²) in [6.45, 7) is 4.81. The third-order valence-corrected chi connectivity index (χ3v) is 3.63. The normalized spacial score (nSPS) is 12.7. The van der Waals surface area contributed by atoms with Crippen molar-refractivity contribution in [2.75, 3.05) is 6.61 Å². The SMILES string of the molecule is CC(C)CCCCCOC(=O)C(O)c1cccs1. The third-order valence-electron chi connectivity index (χ3n) is 2.71. The Labute approximate surface area is 113 Å². The van der Waals surface area contributed by atoms with Crippen LogP contribution >= 0.6 is 11.3 Å². The van der Waals surface area contributed by atoms with Gasteiger partial charge in [-0.25, -0.2) is 4.79 Å². The van der Waals surface area contributed by atoms with E-state index in [2.05, 4.69) is 13.8 Å². The monoisotopic (exact) mass is 270 g/mol. The van der Waals surface area contributed by atoms with Gasteiger partial charge in [0.2, 0.25) is 0 Å². The first-order chi connectivity index (χ1) is 8.61. The Morgan fingerprint density at radius 2 is 2.17 bits per heavy atom. The largest absolute Gasteiger partial charge is 0.463 e. The van der Waals surface area contributed by atoms with E-state index in [1.54, 1.807) is 6.07 Å². The van der Waals surface area contributed by atoms with Gasteiger partial charge in [0.15, 0.2) is 6.10 Å². The van der Waals surface area contributed by atoms with Crippen molar-refractivity contribution >= 4 is 17.3 Å². The summed E-state index contributed by atoms with van der Waals surface area (Å²) in [7, 11) is 0. The fourth-order valence-electron chi connectivity index (χ4n) is 1.65. The van der Waals surface area contributed by atoms with E-state index >= 15 is 0 Å². The maximum absolute atomic E-state index is 11.5. The van der Waals surface area contributed by atoms with E-state index < -0.39 is 12.1 Å². The number of hydrogen-bond donors (Lipinski definition) is 1. The summed E-state index contributed by atoms with van der Waals surface area (Å²) in [6.07, 6.45) is 3.20. The van der Waals surface area contributed by atoms with Gasteiger partial charge in [-0.15, -0.1) is 11.3 Å². The van der Waals surface area contributed by atoms with Crippen molar-refractivity contribution in [3.05, 3.63) is 22.4 Å². The lowest BCUT2D eigenvalue weighted by Crippen LogP contribution is -2.15. The number of esters is 1. The summed E-state index contributed by atoms with van der Waals surface area (Å²) in [5.41, 5.74) is 0. The number of carbonyl (C=O) groups excluding carboxylic acids is 1. The van der Waals surface area contributed by atoms with Crippen molar-refractivity contribution in [3.8, 4) is 0 Å². The number of carbonyl (C=O) groups is 1. The predicted octanol–water partition coefficient (Wildman–Crippen LogP) is 3.54. The topological polar surface area (TPSA) is 46.5 Å². The molecule has 1 aromatic rings. The molecule has 1 N–H and O–H groups in total. The second-order valence-corrected chi connectivity index (χ2v) is 5.81. The predicted molar refractivity (Wildman–Crippen MR) is 73.5 cm³/mol. The molecular weight excluding hydrogens is 248 g/mol. The van der Waals surface area contributed by atoms with Gasteiger partial charge < -0.3 is 9.84 Å². The molecule has 0 aliphatic carbocycles. The van der Waals surface area contributed by atoms with Crippen molar-refractivity contribution in [2.45, 2.75) is 45.6 Å². The molecule has 0 aromatic carbocycles. The van der Waals surface area contributed by atoms with E-state index in [4.69, 9.17) is 4.74 Å². The number of unbranched alkanes of at least 4 members (excludes halogenated alkanes) is 2. The lowest BCUT2D eigenvalue weighted by atomic mass is 10.1. The summed E-state index contributed by atoms with van der Waals surface area (Å²) in [5.74, 6) is 0.189. The second-order valence-electron chi connectivity index (χ2n) is 4.83. The Hall–Kier alpha value is -0.870. The standard InChI is InChI=1S/C14H22O3S/c1-11(2)7-4-3-5-9-17-14(16)13(15)12-8-6-10-18-12/h6,8,10-11,13,15H,3-5,7,9H2,1-2H3. The molecule has 4 heteroatoms. The van der Waals surface area contributed by atoms with E-state index in [0.29, 0.717) is 11.5 Å². The Bertz CT molecular complexity index is 333. The first-order valence-electron chi connectivity index (χ1n) is 6.49. The lowest BCUT2D eigenvalue weighted by molar-refractivity contribution is -0.153. The molecule has 0 saturated carbocycles. The fraction of sp³-hybridized carbons (Fsp3) is 0.643. The number of thiophene rings is 1. The van der Waals surface area contributed by atoms with Gasteiger partial charge >= 0.3 is 5.97 Å². The Morgan fingerprint density at radius 1 is 1.39 bits per heavy atom. The zero-order valence-electron chi connectivity index (χ0n) is 11.1. The number of rotatable bonds is 8. The van der Waals surface area contributed by atoms with Crippen LogP contribution in [-0.4, -0.2) is 17.7 Å². The summed E-state index contributed by atoms with van der Waals surface area (Å²) in [6, 6.07) is 3.54. The molecule has 1 unspecified atom stereocenters. The second kappa shape index (κ2) is 8.27. The molecule has 0 aliphatic heterocycles. The van der Waals surface area contributed by atoms with Crippen molar-refractivity contribution in [3.63, 3.8) is 0 Å². The summed E-state index contributed by atoms with van der Waals surface area (Å²) < 4.78 is 5.05. The molecule has 0 aliphatic rings. The minimum Gasteiger partial charge on any atom is -0.463 e. The van der Waals surface area contributed by atoms with Gasteiger partial charge in [-0.1, -0.05) is 39.2 Å². The lowest BCUT2D eigenvalue weighted by Gasteiger charge is -2.09.